The van der Waals surface area contributed by atoms with Crippen molar-refractivity contribution in [1.29, 1.82) is 0 Å². The third-order valence-electron chi connectivity index (χ3n) is 3.89. The fourth-order valence-electron chi connectivity index (χ4n) is 2.63. The number of likely N-dealkylation sites (N-methyl/N-ethyl adjacent to an activating group) is 1. The van der Waals surface area contributed by atoms with Gasteiger partial charge in [0.25, 0.3) is 0 Å². The molecule has 1 aromatic heterocycles. The van der Waals surface area contributed by atoms with Crippen molar-refractivity contribution in [3.05, 3.63) is 40.9 Å². The Balaban J connectivity index is 1.81. The van der Waals surface area contributed by atoms with Crippen molar-refractivity contribution in [1.82, 2.24) is 9.88 Å². The molecule has 5 heteroatoms. The topological polar surface area (TPSA) is 25.4 Å². The Morgan fingerprint density at radius 3 is 3.00 bits per heavy atom. The molecule has 2 aromatic rings. The van der Waals surface area contributed by atoms with Gasteiger partial charge in [0, 0.05) is 30.1 Å². The molecule has 1 aliphatic heterocycles. The van der Waals surface area contributed by atoms with Gasteiger partial charge in [-0.3, -0.25) is 4.90 Å². The van der Waals surface area contributed by atoms with E-state index < -0.39 is 0 Å². The van der Waals surface area contributed by atoms with Crippen molar-refractivity contribution in [2.75, 3.05) is 20.3 Å². The third-order valence-corrected chi connectivity index (χ3v) is 5.08. The summed E-state index contributed by atoms with van der Waals surface area (Å²) in [5.41, 5.74) is 3.47. The van der Waals surface area contributed by atoms with E-state index in [2.05, 4.69) is 41.2 Å². The van der Waals surface area contributed by atoms with Crippen molar-refractivity contribution in [2.24, 2.45) is 0 Å². The average molecular weight is 323 g/mol. The van der Waals surface area contributed by atoms with Gasteiger partial charge in [0.1, 0.15) is 5.01 Å². The van der Waals surface area contributed by atoms with E-state index in [1.807, 2.05) is 5.38 Å². The smallest absolute Gasteiger partial charge is 0.123 e. The second kappa shape index (κ2) is 6.88. The molecule has 0 spiro atoms. The summed E-state index contributed by atoms with van der Waals surface area (Å²) < 4.78 is 5.48. The summed E-state index contributed by atoms with van der Waals surface area (Å²) in [5, 5.41) is 3.09. The van der Waals surface area contributed by atoms with Crippen molar-refractivity contribution in [3.63, 3.8) is 0 Å². The second-order valence-corrected chi connectivity index (χ2v) is 6.49. The first-order valence-electron chi connectivity index (χ1n) is 7.14. The minimum absolute atomic E-state index is 0.470. The number of halogens is 1. The Labute approximate surface area is 134 Å². The highest BCUT2D eigenvalue weighted by Gasteiger charge is 2.21. The first kappa shape index (κ1) is 15.0. The molecule has 1 saturated heterocycles. The summed E-state index contributed by atoms with van der Waals surface area (Å²) in [7, 11) is 2.17. The summed E-state index contributed by atoms with van der Waals surface area (Å²) in [6.45, 7) is 2.63. The van der Waals surface area contributed by atoms with Crippen LogP contribution in [0.25, 0.3) is 10.6 Å². The molecule has 3 nitrogen and oxygen atoms in total. The van der Waals surface area contributed by atoms with Crippen LogP contribution in [-0.2, 0) is 17.2 Å². The largest absolute Gasteiger partial charge is 0.380 e. The van der Waals surface area contributed by atoms with E-state index in [1.54, 1.807) is 11.3 Å². The van der Waals surface area contributed by atoms with Gasteiger partial charge >= 0.3 is 0 Å². The minimum atomic E-state index is 0.470. The maximum atomic E-state index is 5.86. The highest BCUT2D eigenvalue weighted by Crippen LogP contribution is 2.29. The number of rotatable bonds is 5. The van der Waals surface area contributed by atoms with Crippen molar-refractivity contribution in [2.45, 2.75) is 24.9 Å². The van der Waals surface area contributed by atoms with Gasteiger partial charge in [0.05, 0.1) is 18.2 Å². The van der Waals surface area contributed by atoms with Crippen LogP contribution in [0.5, 0.6) is 0 Å². The van der Waals surface area contributed by atoms with Crippen LogP contribution in [0.1, 0.15) is 17.7 Å². The molecule has 0 saturated carbocycles. The SMILES string of the molecule is CN(Cc1ccccc1-c1nc(CCl)cs1)C1CCOC1. The Morgan fingerprint density at radius 1 is 1.43 bits per heavy atom. The Bertz CT molecular complexity index is 595. The lowest BCUT2D eigenvalue weighted by Crippen LogP contribution is -2.31. The molecule has 1 aromatic carbocycles. The van der Waals surface area contributed by atoms with Crippen LogP contribution in [0.3, 0.4) is 0 Å². The normalized spacial score (nSPS) is 18.5. The summed E-state index contributed by atoms with van der Waals surface area (Å²) >= 11 is 7.52. The van der Waals surface area contributed by atoms with Crippen molar-refractivity contribution < 1.29 is 4.74 Å². The molecule has 0 aliphatic carbocycles. The Hall–Kier alpha value is -0.940. The molecule has 0 amide bonds. The molecular formula is C16H19ClN2OS. The van der Waals surface area contributed by atoms with Gasteiger partial charge < -0.3 is 4.74 Å². The summed E-state index contributed by atoms with van der Waals surface area (Å²) in [6, 6.07) is 9.01. The summed E-state index contributed by atoms with van der Waals surface area (Å²) in [6.07, 6.45) is 1.12. The highest BCUT2D eigenvalue weighted by atomic mass is 35.5. The summed E-state index contributed by atoms with van der Waals surface area (Å²) in [4.78, 5) is 6.98. The van der Waals surface area contributed by atoms with Crippen molar-refractivity contribution in [3.8, 4) is 10.6 Å². The molecule has 1 atom stereocenters. The lowest BCUT2D eigenvalue weighted by molar-refractivity contribution is 0.156. The first-order chi connectivity index (χ1) is 10.3. The molecule has 3 rings (SSSR count). The number of benzene rings is 1. The molecule has 0 N–H and O–H groups in total. The minimum Gasteiger partial charge on any atom is -0.380 e. The fourth-order valence-corrected chi connectivity index (χ4v) is 3.73. The van der Waals surface area contributed by atoms with Gasteiger partial charge in [0.2, 0.25) is 0 Å². The van der Waals surface area contributed by atoms with E-state index in [1.165, 1.54) is 11.1 Å². The number of aromatic nitrogens is 1. The first-order valence-corrected chi connectivity index (χ1v) is 8.56. The maximum absolute atomic E-state index is 5.86. The van der Waals surface area contributed by atoms with Gasteiger partial charge in [-0.25, -0.2) is 4.98 Å². The van der Waals surface area contributed by atoms with E-state index in [9.17, 15) is 0 Å². The highest BCUT2D eigenvalue weighted by molar-refractivity contribution is 7.13. The van der Waals surface area contributed by atoms with Crippen LogP contribution < -0.4 is 0 Å². The predicted octanol–water partition coefficient (Wildman–Crippen LogP) is 3.77. The maximum Gasteiger partial charge on any atom is 0.123 e. The van der Waals surface area contributed by atoms with Gasteiger partial charge in [-0.15, -0.1) is 22.9 Å². The van der Waals surface area contributed by atoms with Crippen LogP contribution in [-0.4, -0.2) is 36.2 Å². The third kappa shape index (κ3) is 3.46. The van der Waals surface area contributed by atoms with Gasteiger partial charge in [-0.05, 0) is 19.0 Å². The second-order valence-electron chi connectivity index (χ2n) is 5.37. The zero-order valence-corrected chi connectivity index (χ0v) is 13.7. The quantitative estimate of drug-likeness (QED) is 0.784. The number of ether oxygens (including phenoxy) is 1. The van der Waals surface area contributed by atoms with E-state index in [4.69, 9.17) is 16.3 Å². The number of nitrogens with zero attached hydrogens (tertiary/aromatic N) is 2. The zero-order chi connectivity index (χ0) is 14.7. The molecule has 1 fully saturated rings. The predicted molar refractivity (Wildman–Crippen MR) is 87.8 cm³/mol. The molecular weight excluding hydrogens is 304 g/mol. The van der Waals surface area contributed by atoms with E-state index in [0.29, 0.717) is 11.9 Å². The van der Waals surface area contributed by atoms with Gasteiger partial charge in [0.15, 0.2) is 0 Å². The standard InChI is InChI=1S/C16H19ClN2OS/c1-19(14-6-7-20-10-14)9-12-4-2-3-5-15(12)16-18-13(8-17)11-21-16/h2-5,11,14H,6-10H2,1H3. The van der Waals surface area contributed by atoms with Crippen molar-refractivity contribution >= 4 is 22.9 Å². The molecule has 2 heterocycles. The number of hydrogen-bond acceptors (Lipinski definition) is 4. The Morgan fingerprint density at radius 2 is 2.29 bits per heavy atom. The molecule has 1 aliphatic rings. The van der Waals surface area contributed by atoms with E-state index >= 15 is 0 Å². The molecule has 0 radical (unpaired) electrons. The van der Waals surface area contributed by atoms with Crippen LogP contribution in [0, 0.1) is 0 Å². The Kier molecular flexibility index (Phi) is 4.91. The molecule has 0 bridgehead atoms. The van der Waals surface area contributed by atoms with Gasteiger partial charge in [-0.1, -0.05) is 24.3 Å². The van der Waals surface area contributed by atoms with Crippen LogP contribution in [0.2, 0.25) is 0 Å². The number of alkyl halides is 1. The lowest BCUT2D eigenvalue weighted by atomic mass is 10.1. The molecule has 21 heavy (non-hydrogen) atoms. The fraction of sp³-hybridized carbons (Fsp3) is 0.438. The summed E-state index contributed by atoms with van der Waals surface area (Å²) in [5.74, 6) is 0.470. The van der Waals surface area contributed by atoms with E-state index in [-0.39, 0.29) is 0 Å². The van der Waals surface area contributed by atoms with Crippen LogP contribution in [0.4, 0.5) is 0 Å². The van der Waals surface area contributed by atoms with Crippen LogP contribution in [0.15, 0.2) is 29.6 Å². The zero-order valence-electron chi connectivity index (χ0n) is 12.1. The van der Waals surface area contributed by atoms with Gasteiger partial charge in [-0.2, -0.15) is 0 Å². The average Bonchev–Trinajstić information content (AvgIpc) is 3.19. The van der Waals surface area contributed by atoms with Crippen LogP contribution >= 0.6 is 22.9 Å². The molecule has 1 unspecified atom stereocenters. The number of thiazole rings is 1. The number of hydrogen-bond donors (Lipinski definition) is 0. The molecule has 112 valence electrons. The lowest BCUT2D eigenvalue weighted by Gasteiger charge is -2.23. The monoisotopic (exact) mass is 322 g/mol. The van der Waals surface area contributed by atoms with E-state index in [0.717, 1.165) is 36.9 Å².